The maximum Gasteiger partial charge on any atom is 0.699 e. The molecular formula is C24H25F3O3P+. The van der Waals surface area contributed by atoms with Gasteiger partial charge in [-0.05, 0) is 30.7 Å². The van der Waals surface area contributed by atoms with E-state index in [4.69, 9.17) is 9.05 Å². The van der Waals surface area contributed by atoms with Gasteiger partial charge >= 0.3 is 14.4 Å². The standard InChI is InChI=1S/C24H25F3O3P/c1-20(2)17-13-14-21(3,15-17)23(20)19-12-8-7-11-18(19)22(24(25,26)27,29-31(28)30-23)16-9-5-4-6-10-16/h4-12,17H,13-15H2,1-3H3/q+1/t17-,21+,22-,23-/m0/s1. The molecule has 1 aliphatic heterocycles. The Balaban J connectivity index is 1.90. The minimum atomic E-state index is -4.85. The van der Waals surface area contributed by atoms with Crippen LogP contribution in [0.25, 0.3) is 0 Å². The van der Waals surface area contributed by atoms with Crippen LogP contribution in [0.2, 0.25) is 0 Å². The molecule has 31 heavy (non-hydrogen) atoms. The lowest BCUT2D eigenvalue weighted by Crippen LogP contribution is -2.53. The first-order chi connectivity index (χ1) is 14.5. The number of alkyl halides is 3. The highest BCUT2D eigenvalue weighted by Crippen LogP contribution is 2.77. The number of benzene rings is 2. The number of fused-ring (bicyclic) bond motifs is 5. The summed E-state index contributed by atoms with van der Waals surface area (Å²) in [4.78, 5) is 0. The van der Waals surface area contributed by atoms with Gasteiger partial charge in [0, 0.05) is 26.5 Å². The Labute approximate surface area is 180 Å². The molecule has 2 bridgehead atoms. The van der Waals surface area contributed by atoms with Gasteiger partial charge in [-0.25, -0.2) is 0 Å². The zero-order valence-corrected chi connectivity index (χ0v) is 18.6. The van der Waals surface area contributed by atoms with E-state index in [-0.39, 0.29) is 17.0 Å². The fraction of sp³-hybridized carbons (Fsp3) is 0.500. The largest absolute Gasteiger partial charge is 0.699 e. The molecule has 0 saturated heterocycles. The van der Waals surface area contributed by atoms with Gasteiger partial charge in [-0.3, -0.25) is 0 Å². The van der Waals surface area contributed by atoms with Crippen LogP contribution in [0.4, 0.5) is 13.2 Å². The summed E-state index contributed by atoms with van der Waals surface area (Å²) < 4.78 is 69.8. The lowest BCUT2D eigenvalue weighted by atomic mass is 9.56. The van der Waals surface area contributed by atoms with Gasteiger partial charge in [-0.2, -0.15) is 13.2 Å². The fourth-order valence-corrected chi connectivity index (χ4v) is 8.17. The molecule has 1 spiro atoms. The van der Waals surface area contributed by atoms with E-state index in [1.54, 1.807) is 24.3 Å². The van der Waals surface area contributed by atoms with Crippen LogP contribution in [0.3, 0.4) is 0 Å². The highest BCUT2D eigenvalue weighted by Gasteiger charge is 2.78. The predicted molar refractivity (Wildman–Crippen MR) is 110 cm³/mol. The average Bonchev–Trinajstić information content (AvgIpc) is 3.14. The molecule has 0 N–H and O–H groups in total. The molecule has 1 unspecified atom stereocenters. The molecular weight excluding hydrogens is 424 g/mol. The topological polar surface area (TPSA) is 35.5 Å². The van der Waals surface area contributed by atoms with Gasteiger partial charge in [0.1, 0.15) is 0 Å². The third kappa shape index (κ3) is 2.44. The molecule has 2 saturated carbocycles. The summed E-state index contributed by atoms with van der Waals surface area (Å²) in [5, 5.41) is 0. The second kappa shape index (κ2) is 6.40. The van der Waals surface area contributed by atoms with Crippen molar-refractivity contribution in [3.05, 3.63) is 71.3 Å². The second-order valence-electron chi connectivity index (χ2n) is 9.90. The Morgan fingerprint density at radius 1 is 0.935 bits per heavy atom. The highest BCUT2D eigenvalue weighted by atomic mass is 31.1. The van der Waals surface area contributed by atoms with Crippen molar-refractivity contribution in [2.45, 2.75) is 57.4 Å². The first-order valence-corrected chi connectivity index (χ1v) is 11.7. The normalized spacial score (nSPS) is 37.6. The van der Waals surface area contributed by atoms with E-state index < -0.39 is 36.5 Å². The smallest absolute Gasteiger partial charge is 0.167 e. The van der Waals surface area contributed by atoms with Crippen molar-refractivity contribution in [2.24, 2.45) is 16.7 Å². The number of rotatable bonds is 1. The number of halogens is 3. The fourth-order valence-electron chi connectivity index (χ4n) is 6.83. The predicted octanol–water partition coefficient (Wildman–Crippen LogP) is 7.24. The van der Waals surface area contributed by atoms with E-state index in [1.165, 1.54) is 30.3 Å². The zero-order chi connectivity index (χ0) is 22.3. The quantitative estimate of drug-likeness (QED) is 0.431. The van der Waals surface area contributed by atoms with Crippen LogP contribution in [-0.4, -0.2) is 6.18 Å². The summed E-state index contributed by atoms with van der Waals surface area (Å²) in [7, 11) is -3.07. The molecule has 164 valence electrons. The minimum Gasteiger partial charge on any atom is -0.167 e. The van der Waals surface area contributed by atoms with Gasteiger partial charge in [0.05, 0.1) is 0 Å². The SMILES string of the molecule is CC1(C)[C@H]2CC[C@](C)(C2)[C@@]12O[P+](=O)O[C@](c1ccccc1)(C(F)(F)F)c1ccccc12. The van der Waals surface area contributed by atoms with Crippen LogP contribution >= 0.6 is 8.25 Å². The van der Waals surface area contributed by atoms with Crippen molar-refractivity contribution < 1.29 is 26.8 Å². The number of hydrogen-bond acceptors (Lipinski definition) is 3. The van der Waals surface area contributed by atoms with E-state index in [0.717, 1.165) is 19.3 Å². The van der Waals surface area contributed by atoms with Crippen LogP contribution in [0.5, 0.6) is 0 Å². The van der Waals surface area contributed by atoms with Crippen molar-refractivity contribution in [2.75, 3.05) is 0 Å². The number of hydrogen-bond donors (Lipinski definition) is 0. The second-order valence-corrected chi connectivity index (χ2v) is 10.7. The van der Waals surface area contributed by atoms with E-state index in [0.29, 0.717) is 5.56 Å². The van der Waals surface area contributed by atoms with Gasteiger partial charge in [-0.15, -0.1) is 4.52 Å². The molecule has 5 rings (SSSR count). The third-order valence-electron chi connectivity index (χ3n) is 8.21. The van der Waals surface area contributed by atoms with Crippen LogP contribution < -0.4 is 0 Å². The van der Waals surface area contributed by atoms with Crippen molar-refractivity contribution in [1.82, 2.24) is 0 Å². The van der Waals surface area contributed by atoms with E-state index >= 15 is 0 Å². The van der Waals surface area contributed by atoms with Crippen LogP contribution in [0, 0.1) is 16.7 Å². The maximum absolute atomic E-state index is 15.0. The Morgan fingerprint density at radius 2 is 1.55 bits per heavy atom. The van der Waals surface area contributed by atoms with Crippen molar-refractivity contribution in [3.63, 3.8) is 0 Å². The van der Waals surface area contributed by atoms with Gasteiger partial charge in [0.2, 0.25) is 0 Å². The maximum atomic E-state index is 15.0. The molecule has 2 fully saturated rings. The first-order valence-electron chi connectivity index (χ1n) is 10.6. The van der Waals surface area contributed by atoms with Crippen molar-refractivity contribution in [1.29, 1.82) is 0 Å². The Bertz CT molecular complexity index is 1050. The highest BCUT2D eigenvalue weighted by molar-refractivity contribution is 7.33. The molecule has 0 radical (unpaired) electrons. The van der Waals surface area contributed by atoms with E-state index in [2.05, 4.69) is 6.92 Å². The summed E-state index contributed by atoms with van der Waals surface area (Å²) in [6.45, 7) is 6.13. The lowest BCUT2D eigenvalue weighted by Gasteiger charge is -2.50. The van der Waals surface area contributed by atoms with E-state index in [9.17, 15) is 17.7 Å². The monoisotopic (exact) mass is 449 g/mol. The Hall–Kier alpha value is -1.75. The molecule has 1 heterocycles. The average molecular weight is 449 g/mol. The first kappa shape index (κ1) is 21.1. The van der Waals surface area contributed by atoms with Crippen molar-refractivity contribution in [3.8, 4) is 0 Å². The van der Waals surface area contributed by atoms with Crippen molar-refractivity contribution >= 4 is 8.25 Å². The molecule has 7 heteroatoms. The Kier molecular flexibility index (Phi) is 4.36. The van der Waals surface area contributed by atoms with Gasteiger partial charge < -0.3 is 0 Å². The van der Waals surface area contributed by atoms with Gasteiger partial charge in [-0.1, -0.05) is 79.9 Å². The summed E-state index contributed by atoms with van der Waals surface area (Å²) in [5.41, 5.74) is -4.68. The summed E-state index contributed by atoms with van der Waals surface area (Å²) in [6.07, 6.45) is -2.24. The molecule has 2 aliphatic carbocycles. The molecule has 0 aromatic heterocycles. The third-order valence-corrected chi connectivity index (χ3v) is 9.05. The van der Waals surface area contributed by atoms with Gasteiger partial charge in [0.15, 0.2) is 5.60 Å². The van der Waals surface area contributed by atoms with Gasteiger partial charge in [0.25, 0.3) is 5.60 Å². The molecule has 0 amide bonds. The van der Waals surface area contributed by atoms with E-state index in [1.807, 2.05) is 13.8 Å². The van der Waals surface area contributed by atoms with Crippen LogP contribution in [0.15, 0.2) is 54.6 Å². The zero-order valence-electron chi connectivity index (χ0n) is 17.7. The van der Waals surface area contributed by atoms with Crippen LogP contribution in [0.1, 0.15) is 56.7 Å². The molecule has 2 aromatic carbocycles. The minimum absolute atomic E-state index is 0.0311. The lowest BCUT2D eigenvalue weighted by molar-refractivity contribution is -0.237. The Morgan fingerprint density at radius 3 is 2.13 bits per heavy atom. The molecule has 3 aliphatic rings. The molecule has 2 aromatic rings. The summed E-state index contributed by atoms with van der Waals surface area (Å²) in [6, 6.07) is 14.0. The summed E-state index contributed by atoms with van der Waals surface area (Å²) >= 11 is 0. The van der Waals surface area contributed by atoms with Crippen LogP contribution in [-0.2, 0) is 24.8 Å². The molecule has 3 nitrogen and oxygen atoms in total. The summed E-state index contributed by atoms with van der Waals surface area (Å²) in [5.74, 6) is 0.268. The molecule has 5 atom stereocenters.